The highest BCUT2D eigenvalue weighted by molar-refractivity contribution is 5.37. The van der Waals surface area contributed by atoms with Crippen LogP contribution in [0.1, 0.15) is 46.5 Å². The molecule has 0 aromatic carbocycles. The van der Waals surface area contributed by atoms with Crippen LogP contribution in [0.5, 0.6) is 5.88 Å². The van der Waals surface area contributed by atoms with Gasteiger partial charge in [-0.2, -0.15) is 4.98 Å². The van der Waals surface area contributed by atoms with E-state index in [4.69, 9.17) is 4.74 Å². The molecule has 0 saturated heterocycles. The van der Waals surface area contributed by atoms with Gasteiger partial charge in [0.25, 0.3) is 0 Å². The third kappa shape index (κ3) is 5.57. The first kappa shape index (κ1) is 13.8. The molecule has 0 spiro atoms. The molecular weight excluding hydrogens is 212 g/mol. The number of aromatic nitrogens is 1. The lowest BCUT2D eigenvalue weighted by molar-refractivity contribution is 0.327. The molecule has 0 bridgehead atoms. The van der Waals surface area contributed by atoms with E-state index in [9.17, 15) is 0 Å². The molecule has 0 amide bonds. The first-order valence-corrected chi connectivity index (χ1v) is 6.62. The lowest BCUT2D eigenvalue weighted by Crippen LogP contribution is -2.15. The summed E-state index contributed by atoms with van der Waals surface area (Å²) in [5, 5.41) is 3.41. The van der Waals surface area contributed by atoms with Crippen LogP contribution < -0.4 is 10.1 Å². The first-order chi connectivity index (χ1) is 8.26. The molecule has 17 heavy (non-hydrogen) atoms. The van der Waals surface area contributed by atoms with Crippen LogP contribution in [0.4, 0.5) is 5.82 Å². The van der Waals surface area contributed by atoms with Crippen molar-refractivity contribution in [3.63, 3.8) is 0 Å². The molecule has 1 N–H and O–H groups in total. The van der Waals surface area contributed by atoms with Crippen molar-refractivity contribution in [3.05, 3.63) is 18.2 Å². The lowest BCUT2D eigenvalue weighted by atomic mass is 10.1. The van der Waals surface area contributed by atoms with Crippen LogP contribution in [-0.4, -0.2) is 17.6 Å². The Morgan fingerprint density at radius 3 is 2.82 bits per heavy atom. The van der Waals surface area contributed by atoms with Crippen molar-refractivity contribution >= 4 is 5.82 Å². The lowest BCUT2D eigenvalue weighted by Gasteiger charge is -2.14. The van der Waals surface area contributed by atoms with Crippen molar-refractivity contribution in [2.24, 2.45) is 0 Å². The van der Waals surface area contributed by atoms with E-state index in [1.54, 1.807) is 0 Å². The third-order valence-corrected chi connectivity index (χ3v) is 2.65. The molecule has 0 saturated carbocycles. The maximum Gasteiger partial charge on any atom is 0.215 e. The maximum atomic E-state index is 5.38. The minimum Gasteiger partial charge on any atom is -0.478 e. The highest BCUT2D eigenvalue weighted by atomic mass is 16.5. The molecule has 0 fully saturated rings. The molecular formula is C14H24N2O. The number of nitrogens with one attached hydrogen (secondary N) is 1. The fourth-order valence-electron chi connectivity index (χ4n) is 1.75. The van der Waals surface area contributed by atoms with Crippen LogP contribution >= 0.6 is 0 Å². The number of unbranched alkanes of at least 4 members (excludes halogenated alkanes) is 2. The Kier molecular flexibility index (Phi) is 6.45. The van der Waals surface area contributed by atoms with Gasteiger partial charge < -0.3 is 10.1 Å². The fourth-order valence-corrected chi connectivity index (χ4v) is 1.75. The van der Waals surface area contributed by atoms with Crippen molar-refractivity contribution in [2.75, 3.05) is 11.9 Å². The number of rotatable bonds is 8. The zero-order valence-electron chi connectivity index (χ0n) is 11.2. The quantitative estimate of drug-likeness (QED) is 0.696. The Morgan fingerprint density at radius 2 is 2.12 bits per heavy atom. The minimum atomic E-state index is 0.464. The van der Waals surface area contributed by atoms with Gasteiger partial charge in [0.2, 0.25) is 5.88 Å². The summed E-state index contributed by atoms with van der Waals surface area (Å²) in [5.74, 6) is 1.60. The molecule has 1 heterocycles. The summed E-state index contributed by atoms with van der Waals surface area (Å²) in [6.45, 7) is 7.05. The topological polar surface area (TPSA) is 34.1 Å². The van der Waals surface area contributed by atoms with Crippen LogP contribution in [-0.2, 0) is 0 Å². The highest BCUT2D eigenvalue weighted by Gasteiger charge is 2.03. The second-order valence-electron chi connectivity index (χ2n) is 4.34. The van der Waals surface area contributed by atoms with E-state index in [2.05, 4.69) is 24.1 Å². The number of nitrogens with zero attached hydrogens (tertiary/aromatic N) is 1. The summed E-state index contributed by atoms with van der Waals surface area (Å²) in [7, 11) is 0. The smallest absolute Gasteiger partial charge is 0.215 e. The van der Waals surface area contributed by atoms with E-state index < -0.39 is 0 Å². The maximum absolute atomic E-state index is 5.38. The van der Waals surface area contributed by atoms with Crippen molar-refractivity contribution in [1.29, 1.82) is 0 Å². The molecule has 96 valence electrons. The fraction of sp³-hybridized carbons (Fsp3) is 0.643. The van der Waals surface area contributed by atoms with Gasteiger partial charge in [0, 0.05) is 12.1 Å². The number of ether oxygens (including phenoxy) is 1. The standard InChI is InChI=1S/C14H24N2O/c1-4-6-7-9-12(3)15-13-10-8-11-14(16-13)17-5-2/h8,10-12H,4-7,9H2,1-3H3,(H,15,16). The zero-order valence-corrected chi connectivity index (χ0v) is 11.2. The van der Waals surface area contributed by atoms with E-state index in [-0.39, 0.29) is 0 Å². The molecule has 3 nitrogen and oxygen atoms in total. The van der Waals surface area contributed by atoms with E-state index in [1.165, 1.54) is 25.7 Å². The van der Waals surface area contributed by atoms with Crippen LogP contribution in [0.25, 0.3) is 0 Å². The first-order valence-electron chi connectivity index (χ1n) is 6.62. The van der Waals surface area contributed by atoms with E-state index >= 15 is 0 Å². The molecule has 1 aromatic rings. The molecule has 1 atom stereocenters. The van der Waals surface area contributed by atoms with E-state index in [1.807, 2.05) is 25.1 Å². The molecule has 0 radical (unpaired) electrons. The molecule has 1 rings (SSSR count). The van der Waals surface area contributed by atoms with Gasteiger partial charge >= 0.3 is 0 Å². The van der Waals surface area contributed by atoms with Crippen LogP contribution in [0, 0.1) is 0 Å². The van der Waals surface area contributed by atoms with Gasteiger partial charge in [0.1, 0.15) is 5.82 Å². The molecule has 1 aromatic heterocycles. The molecule has 0 aliphatic heterocycles. The second kappa shape index (κ2) is 7.93. The normalized spacial score (nSPS) is 12.2. The van der Waals surface area contributed by atoms with Crippen LogP contribution in [0.3, 0.4) is 0 Å². The van der Waals surface area contributed by atoms with Gasteiger partial charge in [-0.05, 0) is 26.3 Å². The summed E-state index contributed by atoms with van der Waals surface area (Å²) in [6, 6.07) is 6.31. The van der Waals surface area contributed by atoms with Crippen molar-refractivity contribution in [3.8, 4) is 5.88 Å². The van der Waals surface area contributed by atoms with Crippen molar-refractivity contribution < 1.29 is 4.74 Å². The summed E-state index contributed by atoms with van der Waals surface area (Å²) in [5.41, 5.74) is 0. The second-order valence-corrected chi connectivity index (χ2v) is 4.34. The number of hydrogen-bond acceptors (Lipinski definition) is 3. The average Bonchev–Trinajstić information content (AvgIpc) is 2.30. The van der Waals surface area contributed by atoms with Crippen molar-refractivity contribution in [1.82, 2.24) is 4.98 Å². The Morgan fingerprint density at radius 1 is 1.29 bits per heavy atom. The predicted octanol–water partition coefficient (Wildman–Crippen LogP) is 3.86. The summed E-state index contributed by atoms with van der Waals surface area (Å²) in [6.07, 6.45) is 5.04. The predicted molar refractivity (Wildman–Crippen MR) is 72.6 cm³/mol. The van der Waals surface area contributed by atoms with E-state index in [0.717, 1.165) is 5.82 Å². The molecule has 3 heteroatoms. The highest BCUT2D eigenvalue weighted by Crippen LogP contribution is 2.14. The van der Waals surface area contributed by atoms with Crippen LogP contribution in [0.15, 0.2) is 18.2 Å². The molecule has 1 unspecified atom stereocenters. The van der Waals surface area contributed by atoms with Gasteiger partial charge in [-0.25, -0.2) is 0 Å². The zero-order chi connectivity index (χ0) is 12.5. The minimum absolute atomic E-state index is 0.464. The Hall–Kier alpha value is -1.25. The third-order valence-electron chi connectivity index (χ3n) is 2.65. The summed E-state index contributed by atoms with van der Waals surface area (Å²) >= 11 is 0. The largest absolute Gasteiger partial charge is 0.478 e. The van der Waals surface area contributed by atoms with Crippen molar-refractivity contribution in [2.45, 2.75) is 52.5 Å². The molecule has 0 aliphatic carbocycles. The van der Waals surface area contributed by atoms with Gasteiger partial charge in [-0.1, -0.05) is 32.3 Å². The monoisotopic (exact) mass is 236 g/mol. The Labute approximate surface area is 105 Å². The van der Waals surface area contributed by atoms with Gasteiger partial charge in [-0.3, -0.25) is 0 Å². The van der Waals surface area contributed by atoms with Gasteiger partial charge in [0.05, 0.1) is 6.61 Å². The number of hydrogen-bond donors (Lipinski definition) is 1. The van der Waals surface area contributed by atoms with Gasteiger partial charge in [-0.15, -0.1) is 0 Å². The van der Waals surface area contributed by atoms with Gasteiger partial charge in [0.15, 0.2) is 0 Å². The summed E-state index contributed by atoms with van der Waals surface area (Å²) in [4.78, 5) is 4.40. The number of anilines is 1. The Balaban J connectivity index is 2.41. The SMILES string of the molecule is CCCCCC(C)Nc1cccc(OCC)n1. The number of pyridine rings is 1. The van der Waals surface area contributed by atoms with Crippen LogP contribution in [0.2, 0.25) is 0 Å². The molecule has 0 aliphatic rings. The summed E-state index contributed by atoms with van der Waals surface area (Å²) < 4.78 is 5.38. The van der Waals surface area contributed by atoms with E-state index in [0.29, 0.717) is 18.5 Å². The average molecular weight is 236 g/mol. The Bertz CT molecular complexity index is 315.